The normalized spacial score (nSPS) is 12.4. The summed E-state index contributed by atoms with van der Waals surface area (Å²) >= 11 is 0. The van der Waals surface area contributed by atoms with Gasteiger partial charge in [0.05, 0.1) is 6.10 Å². The predicted molar refractivity (Wildman–Crippen MR) is 57.4 cm³/mol. The third-order valence-corrected chi connectivity index (χ3v) is 2.45. The summed E-state index contributed by atoms with van der Waals surface area (Å²) in [6, 6.07) is 3.24. The summed E-state index contributed by atoms with van der Waals surface area (Å²) in [5.41, 5.74) is 0.305. The molecule has 1 rings (SSSR count). The molecule has 17 heavy (non-hydrogen) atoms. The van der Waals surface area contributed by atoms with E-state index in [9.17, 15) is 18.7 Å². The number of rotatable bonds is 6. The molecular weight excluding hydrogens is 230 g/mol. The molecule has 0 radical (unpaired) electrons. The molecule has 3 nitrogen and oxygen atoms in total. The van der Waals surface area contributed by atoms with E-state index in [-0.39, 0.29) is 6.42 Å². The van der Waals surface area contributed by atoms with E-state index in [1.165, 1.54) is 6.07 Å². The smallest absolute Gasteiger partial charge is 0.303 e. The predicted octanol–water partition coefficient (Wildman–Crippen LogP) is 2.64. The Balaban J connectivity index is 2.44. The van der Waals surface area contributed by atoms with Crippen LogP contribution in [0.15, 0.2) is 18.2 Å². The molecule has 0 amide bonds. The molecule has 0 heterocycles. The van der Waals surface area contributed by atoms with Crippen molar-refractivity contribution in [2.75, 3.05) is 0 Å². The molecule has 1 aromatic carbocycles. The fourth-order valence-corrected chi connectivity index (χ4v) is 1.50. The molecule has 0 bridgehead atoms. The van der Waals surface area contributed by atoms with Crippen molar-refractivity contribution in [2.45, 2.75) is 31.8 Å². The molecule has 5 heteroatoms. The summed E-state index contributed by atoms with van der Waals surface area (Å²) in [6.45, 7) is 0. The summed E-state index contributed by atoms with van der Waals surface area (Å²) in [4.78, 5) is 10.2. The van der Waals surface area contributed by atoms with Gasteiger partial charge in [0, 0.05) is 6.42 Å². The van der Waals surface area contributed by atoms with Crippen LogP contribution in [0.3, 0.4) is 0 Å². The number of aliphatic hydroxyl groups excluding tert-OH is 1. The molecule has 0 saturated carbocycles. The van der Waals surface area contributed by atoms with Gasteiger partial charge in [-0.25, -0.2) is 8.78 Å². The molecule has 0 saturated heterocycles. The largest absolute Gasteiger partial charge is 0.481 e. The van der Waals surface area contributed by atoms with Crippen LogP contribution in [0.25, 0.3) is 0 Å². The lowest BCUT2D eigenvalue weighted by Crippen LogP contribution is -2.00. The van der Waals surface area contributed by atoms with Gasteiger partial charge in [-0.3, -0.25) is 4.79 Å². The Morgan fingerprint density at radius 3 is 2.53 bits per heavy atom. The van der Waals surface area contributed by atoms with Crippen LogP contribution in [0.5, 0.6) is 0 Å². The molecule has 0 aromatic heterocycles. The number of aliphatic hydroxyl groups is 1. The quantitative estimate of drug-likeness (QED) is 0.756. The molecule has 0 aliphatic carbocycles. The zero-order valence-corrected chi connectivity index (χ0v) is 9.20. The Kier molecular flexibility index (Phi) is 5.03. The van der Waals surface area contributed by atoms with Crippen molar-refractivity contribution in [3.05, 3.63) is 35.4 Å². The first-order chi connectivity index (χ1) is 8.00. The van der Waals surface area contributed by atoms with Crippen molar-refractivity contribution in [1.29, 1.82) is 0 Å². The van der Waals surface area contributed by atoms with E-state index in [2.05, 4.69) is 0 Å². The van der Waals surface area contributed by atoms with Gasteiger partial charge in [-0.15, -0.1) is 0 Å². The Bertz CT molecular complexity index is 393. The topological polar surface area (TPSA) is 57.5 Å². The van der Waals surface area contributed by atoms with Gasteiger partial charge in [0.2, 0.25) is 0 Å². The maximum absolute atomic E-state index is 12.9. The van der Waals surface area contributed by atoms with Gasteiger partial charge in [-0.1, -0.05) is 6.07 Å². The minimum atomic E-state index is -0.993. The minimum absolute atomic E-state index is 0.0461. The highest BCUT2D eigenvalue weighted by atomic mass is 19.2. The summed E-state index contributed by atoms with van der Waals surface area (Å²) < 4.78 is 25.5. The Morgan fingerprint density at radius 1 is 1.24 bits per heavy atom. The second-order valence-corrected chi connectivity index (χ2v) is 3.83. The molecule has 1 unspecified atom stereocenters. The first-order valence-electron chi connectivity index (χ1n) is 5.35. The summed E-state index contributed by atoms with van der Waals surface area (Å²) in [6.07, 6.45) is 0.463. The Labute approximate surface area is 97.7 Å². The van der Waals surface area contributed by atoms with Crippen LogP contribution in [0, 0.1) is 11.6 Å². The number of carbonyl (C=O) groups is 1. The maximum Gasteiger partial charge on any atom is 0.303 e. The number of hydrogen-bond donors (Lipinski definition) is 2. The first kappa shape index (κ1) is 13.6. The van der Waals surface area contributed by atoms with Gasteiger partial charge >= 0.3 is 5.97 Å². The van der Waals surface area contributed by atoms with Crippen molar-refractivity contribution >= 4 is 5.97 Å². The number of unbranched alkanes of at least 4 members (excludes halogenated alkanes) is 1. The minimum Gasteiger partial charge on any atom is -0.481 e. The molecule has 0 aliphatic rings. The number of aliphatic carboxylic acids is 1. The Hall–Kier alpha value is -1.49. The van der Waals surface area contributed by atoms with Gasteiger partial charge in [0.25, 0.3) is 0 Å². The third kappa shape index (κ3) is 4.48. The maximum atomic E-state index is 12.9. The SMILES string of the molecule is O=C(O)CCCCC(O)c1ccc(F)c(F)c1. The number of benzene rings is 1. The fraction of sp³-hybridized carbons (Fsp3) is 0.417. The number of carboxylic acids is 1. The second kappa shape index (κ2) is 6.30. The summed E-state index contributed by atoms with van der Waals surface area (Å²) in [7, 11) is 0. The number of carboxylic acid groups (broad SMARTS) is 1. The van der Waals surface area contributed by atoms with E-state index in [4.69, 9.17) is 5.11 Å². The molecular formula is C12H14F2O3. The molecule has 94 valence electrons. The average molecular weight is 244 g/mol. The third-order valence-electron chi connectivity index (χ3n) is 2.45. The van der Waals surface area contributed by atoms with Crippen molar-refractivity contribution in [2.24, 2.45) is 0 Å². The lowest BCUT2D eigenvalue weighted by atomic mass is 10.0. The monoisotopic (exact) mass is 244 g/mol. The van der Waals surface area contributed by atoms with E-state index in [1.807, 2.05) is 0 Å². The van der Waals surface area contributed by atoms with Gasteiger partial charge < -0.3 is 10.2 Å². The van der Waals surface area contributed by atoms with Crippen molar-refractivity contribution in [3.8, 4) is 0 Å². The molecule has 1 atom stereocenters. The van der Waals surface area contributed by atoms with Crippen molar-refractivity contribution in [1.82, 2.24) is 0 Å². The molecule has 0 spiro atoms. The van der Waals surface area contributed by atoms with Gasteiger partial charge in [-0.05, 0) is 37.0 Å². The molecule has 0 fully saturated rings. The molecule has 1 aromatic rings. The summed E-state index contributed by atoms with van der Waals surface area (Å²) in [5, 5.41) is 18.1. The highest BCUT2D eigenvalue weighted by molar-refractivity contribution is 5.66. The lowest BCUT2D eigenvalue weighted by molar-refractivity contribution is -0.137. The van der Waals surface area contributed by atoms with Crippen LogP contribution in [0.4, 0.5) is 8.78 Å². The van der Waals surface area contributed by atoms with Gasteiger partial charge in [-0.2, -0.15) is 0 Å². The molecule has 2 N–H and O–H groups in total. The van der Waals surface area contributed by atoms with E-state index in [1.54, 1.807) is 0 Å². The summed E-state index contributed by atoms with van der Waals surface area (Å²) in [5.74, 6) is -2.83. The van der Waals surface area contributed by atoms with Gasteiger partial charge in [0.15, 0.2) is 11.6 Å². The van der Waals surface area contributed by atoms with E-state index < -0.39 is 23.7 Å². The van der Waals surface area contributed by atoms with Crippen LogP contribution in [-0.2, 0) is 4.79 Å². The van der Waals surface area contributed by atoms with Crippen molar-refractivity contribution in [3.63, 3.8) is 0 Å². The van der Waals surface area contributed by atoms with Gasteiger partial charge in [0.1, 0.15) is 0 Å². The standard InChI is InChI=1S/C12H14F2O3/c13-9-6-5-8(7-10(9)14)11(15)3-1-2-4-12(16)17/h5-7,11,15H,1-4H2,(H,16,17). The fourth-order valence-electron chi connectivity index (χ4n) is 1.50. The highest BCUT2D eigenvalue weighted by Crippen LogP contribution is 2.21. The van der Waals surface area contributed by atoms with Crippen molar-refractivity contribution < 1.29 is 23.8 Å². The average Bonchev–Trinajstić information content (AvgIpc) is 2.27. The van der Waals surface area contributed by atoms with E-state index in [0.717, 1.165) is 12.1 Å². The molecule has 0 aliphatic heterocycles. The van der Waals surface area contributed by atoms with E-state index >= 15 is 0 Å². The van der Waals surface area contributed by atoms with Crippen LogP contribution in [0.1, 0.15) is 37.4 Å². The Morgan fingerprint density at radius 2 is 1.94 bits per heavy atom. The van der Waals surface area contributed by atoms with Crippen LogP contribution in [0.2, 0.25) is 0 Å². The first-order valence-corrected chi connectivity index (χ1v) is 5.35. The highest BCUT2D eigenvalue weighted by Gasteiger charge is 2.10. The van der Waals surface area contributed by atoms with Crippen LogP contribution in [-0.4, -0.2) is 16.2 Å². The second-order valence-electron chi connectivity index (χ2n) is 3.83. The zero-order chi connectivity index (χ0) is 12.8. The lowest BCUT2D eigenvalue weighted by Gasteiger charge is -2.10. The van der Waals surface area contributed by atoms with E-state index in [0.29, 0.717) is 24.8 Å². The number of hydrogen-bond acceptors (Lipinski definition) is 2. The van der Waals surface area contributed by atoms with Crippen LogP contribution < -0.4 is 0 Å². The zero-order valence-electron chi connectivity index (χ0n) is 9.20. The van der Waals surface area contributed by atoms with Crippen LogP contribution >= 0.6 is 0 Å². The number of halogens is 2.